The summed E-state index contributed by atoms with van der Waals surface area (Å²) in [5.74, 6) is 0. The first kappa shape index (κ1) is 36.2. The van der Waals surface area contributed by atoms with Gasteiger partial charge in [0.1, 0.15) is 21.2 Å². The topological polar surface area (TPSA) is 0 Å². The molecule has 2 unspecified atom stereocenters. The van der Waals surface area contributed by atoms with Gasteiger partial charge in [-0.05, 0) is 141 Å². The monoisotopic (exact) mass is 730 g/mol. The molecule has 0 N–H and O–H groups in total. The molecule has 5 aromatic carbocycles. The van der Waals surface area contributed by atoms with Crippen LogP contribution in [0.5, 0.6) is 0 Å². The van der Waals surface area contributed by atoms with Crippen molar-refractivity contribution in [3.8, 4) is 0 Å². The lowest BCUT2D eigenvalue weighted by Crippen LogP contribution is -2.41. The lowest BCUT2D eigenvalue weighted by Gasteiger charge is -2.40. The summed E-state index contributed by atoms with van der Waals surface area (Å²) in [5.41, 5.74) is 2.49. The Labute approximate surface area is 306 Å². The van der Waals surface area contributed by atoms with Gasteiger partial charge in [-0.2, -0.15) is 26.7 Å². The molecule has 258 valence electrons. The average molecular weight is 731 g/mol. The van der Waals surface area contributed by atoms with Gasteiger partial charge < -0.3 is 0 Å². The van der Waals surface area contributed by atoms with Gasteiger partial charge in [-0.3, -0.25) is 0 Å². The fourth-order valence-electron chi connectivity index (χ4n) is 9.16. The van der Waals surface area contributed by atoms with Gasteiger partial charge in [-0.1, -0.05) is 75.2 Å². The lowest BCUT2D eigenvalue weighted by atomic mass is 10.2. The van der Waals surface area contributed by atoms with E-state index in [1.807, 2.05) is 0 Å². The van der Waals surface area contributed by atoms with Crippen LogP contribution in [0, 0.1) is 26.7 Å². The molecule has 5 aromatic rings. The van der Waals surface area contributed by atoms with Gasteiger partial charge in [0.05, 0.1) is 21.2 Å². The molecule has 7 rings (SSSR count). The molecular weight excluding hydrogens is 676 g/mol. The van der Waals surface area contributed by atoms with Gasteiger partial charge in [0, 0.05) is 22.6 Å². The predicted molar refractivity (Wildman–Crippen MR) is 235 cm³/mol. The van der Waals surface area contributed by atoms with Crippen molar-refractivity contribution in [1.29, 1.82) is 0 Å². The van der Waals surface area contributed by atoms with Crippen molar-refractivity contribution >= 4 is 71.5 Å². The Balaban J connectivity index is 1.42. The lowest BCUT2D eigenvalue weighted by molar-refractivity contribution is 0.777. The van der Waals surface area contributed by atoms with E-state index in [4.69, 9.17) is 26.7 Å². The van der Waals surface area contributed by atoms with E-state index in [9.17, 15) is 0 Å². The summed E-state index contributed by atoms with van der Waals surface area (Å²) < 4.78 is 0. The first-order chi connectivity index (χ1) is 24.0. The highest BCUT2D eigenvalue weighted by atomic mass is 31.2. The Morgan fingerprint density at radius 1 is 0.400 bits per heavy atom. The van der Waals surface area contributed by atoms with Gasteiger partial charge in [0.15, 0.2) is 0 Å². The van der Waals surface area contributed by atoms with Crippen LogP contribution in [0.15, 0.2) is 133 Å². The van der Waals surface area contributed by atoms with Crippen LogP contribution in [0.4, 0.5) is 0 Å². The Morgan fingerprint density at radius 3 is 0.980 bits per heavy atom. The minimum Gasteiger partial charge on any atom is -0.174 e. The minimum absolute atomic E-state index is 0.622. The highest BCUT2D eigenvalue weighted by molar-refractivity contribution is 7.99. The summed E-state index contributed by atoms with van der Waals surface area (Å²) in [6.45, 7) is 30.6. The molecule has 0 radical (unpaired) electrons. The molecule has 0 aromatic heterocycles. The first-order valence-corrected chi connectivity index (χ1v) is 26.5. The molecule has 4 heteroatoms. The second-order valence-electron chi connectivity index (χ2n) is 15.2. The third-order valence-corrected chi connectivity index (χ3v) is 30.2. The second-order valence-corrected chi connectivity index (χ2v) is 29.7. The number of benzene rings is 5. The van der Waals surface area contributed by atoms with Crippen molar-refractivity contribution in [2.75, 3.05) is 0 Å². The van der Waals surface area contributed by atoms with Gasteiger partial charge in [-0.15, -0.1) is 0 Å². The Kier molecular flexibility index (Phi) is 10.1. The van der Waals surface area contributed by atoms with Crippen molar-refractivity contribution < 1.29 is 0 Å². The quantitative estimate of drug-likeness (QED) is 0.110. The predicted octanol–water partition coefficient (Wildman–Crippen LogP) is 9.87. The van der Waals surface area contributed by atoms with Crippen LogP contribution in [0.2, 0.25) is 0 Å². The van der Waals surface area contributed by atoms with E-state index in [2.05, 4.69) is 161 Å². The van der Waals surface area contributed by atoms with E-state index < -0.39 is 29.0 Å². The largest absolute Gasteiger partial charge is 0.174 e. The van der Waals surface area contributed by atoms with Gasteiger partial charge in [0.25, 0.3) is 0 Å². The molecule has 2 fully saturated rings. The Hall–Kier alpha value is -2.18. The van der Waals surface area contributed by atoms with Crippen molar-refractivity contribution in [1.82, 2.24) is 0 Å². The highest BCUT2D eigenvalue weighted by Gasteiger charge is 2.51. The molecule has 0 amide bonds. The molecule has 50 heavy (non-hydrogen) atoms. The van der Waals surface area contributed by atoms with Crippen LogP contribution in [-0.2, 0) is 0 Å². The van der Waals surface area contributed by atoms with Gasteiger partial charge in [0.2, 0.25) is 0 Å². The number of hydrogen-bond acceptors (Lipinski definition) is 0. The Bertz CT molecular complexity index is 1770. The number of hydrogen-bond donors (Lipinski definition) is 0. The zero-order valence-corrected chi connectivity index (χ0v) is 34.0. The van der Waals surface area contributed by atoms with Crippen LogP contribution in [0.1, 0.15) is 53.4 Å². The fraction of sp³-hybridized carbons (Fsp3) is 0.261. The molecule has 0 spiro atoms. The normalized spacial score (nSPS) is 25.1. The molecule has 6 atom stereocenters. The van der Waals surface area contributed by atoms with Crippen molar-refractivity contribution in [2.24, 2.45) is 0 Å². The summed E-state index contributed by atoms with van der Waals surface area (Å²) in [4.78, 5) is 0. The third-order valence-electron chi connectivity index (χ3n) is 12.8. The van der Waals surface area contributed by atoms with Crippen LogP contribution in [0.25, 0.3) is 0 Å². The molecular formula is C46H54P4. The summed E-state index contributed by atoms with van der Waals surface area (Å²) in [6, 6.07) is 50.4. The van der Waals surface area contributed by atoms with E-state index in [0.717, 1.165) is 0 Å². The first-order valence-electron chi connectivity index (χ1n) is 18.3. The number of rotatable bonds is 8. The molecule has 2 aliphatic heterocycles. The molecule has 2 saturated heterocycles. The highest BCUT2D eigenvalue weighted by Crippen LogP contribution is 2.73. The van der Waals surface area contributed by atoms with E-state index in [0.29, 0.717) is 22.6 Å². The minimum atomic E-state index is -2.26. The van der Waals surface area contributed by atoms with Crippen molar-refractivity contribution in [3.05, 3.63) is 160 Å². The van der Waals surface area contributed by atoms with E-state index in [1.54, 1.807) is 0 Å². The second kappa shape index (κ2) is 14.0. The van der Waals surface area contributed by atoms with E-state index in [-0.39, 0.29) is 0 Å². The van der Waals surface area contributed by atoms with E-state index >= 15 is 0 Å². The maximum absolute atomic E-state index is 5.28. The summed E-state index contributed by atoms with van der Waals surface area (Å²) >= 11 is 0. The van der Waals surface area contributed by atoms with Crippen molar-refractivity contribution in [3.63, 3.8) is 0 Å². The summed E-state index contributed by atoms with van der Waals surface area (Å²) in [5, 5.41) is 11.1. The maximum atomic E-state index is 5.28. The van der Waals surface area contributed by atoms with Gasteiger partial charge >= 0.3 is 0 Å². The smallest absolute Gasteiger partial charge is 0.114 e. The van der Waals surface area contributed by atoms with Crippen LogP contribution in [-0.4, -0.2) is 22.6 Å². The maximum Gasteiger partial charge on any atom is 0.114 e. The van der Waals surface area contributed by atoms with Crippen LogP contribution in [0.3, 0.4) is 0 Å². The zero-order valence-electron chi connectivity index (χ0n) is 30.5. The molecule has 2 heterocycles. The molecule has 0 bridgehead atoms. The molecule has 0 nitrogen and oxygen atoms in total. The third kappa shape index (κ3) is 5.63. The average Bonchev–Trinajstić information content (AvgIpc) is 3.59. The van der Waals surface area contributed by atoms with Gasteiger partial charge in [-0.25, -0.2) is 0 Å². The molecule has 0 saturated carbocycles. The van der Waals surface area contributed by atoms with Crippen LogP contribution >= 0.6 is 29.0 Å². The summed E-state index contributed by atoms with van der Waals surface area (Å²) in [6.07, 6.45) is 5.06. The van der Waals surface area contributed by atoms with E-state index in [1.165, 1.54) is 68.1 Å². The standard InChI is InChI=1S/C46H54P4/c1-35-27-28-36(2)47(35,5)43-23-15-17-25-45(43)49(7,39-19-11-9-12-20-39)41-31-33-42(34-32-41)50(8,40-21-13-10-14-22-40)46-26-18-16-24-44(46)48(6)37(3)29-30-38(48)4/h9-26,31-38H,5-8,27-30H2,1-4H3/t35-,36-,37+,38+,49?,50?. The van der Waals surface area contributed by atoms with Crippen molar-refractivity contribution in [2.45, 2.75) is 76.0 Å². The molecule has 2 aliphatic rings. The SMILES string of the molecule is [CH2-][P+](c1ccccc1)(c1ccc([P+]([CH2-])(c2ccccc2)c2ccccc2[P+]2([CH2-])[C@@H](C)CC[C@@H]2C)cc1)c1ccccc1[P+]1([CH2-])[C@H](C)CC[C@H]1C. The van der Waals surface area contributed by atoms with Crippen LogP contribution < -0.4 is 42.4 Å². The molecule has 0 aliphatic carbocycles. The fourth-order valence-corrected chi connectivity index (χ4v) is 25.1. The Morgan fingerprint density at radius 2 is 0.660 bits per heavy atom. The summed E-state index contributed by atoms with van der Waals surface area (Å²) in [7, 11) is -7.81. The zero-order chi connectivity index (χ0) is 35.3.